The van der Waals surface area contributed by atoms with Crippen LogP contribution in [0, 0.1) is 17.0 Å². The normalized spacial score (nSPS) is 10.7. The Balaban J connectivity index is 1.50. The molecule has 0 radical (unpaired) electrons. The Kier molecular flexibility index (Phi) is 6.32. The number of non-ortho nitro benzene ring substituents is 1. The van der Waals surface area contributed by atoms with E-state index >= 15 is 0 Å². The Labute approximate surface area is 167 Å². The number of carbonyl (C=O) groups excluding carboxylic acids is 1. The number of nitrogens with zero attached hydrogens (tertiary/aromatic N) is 2. The molecule has 1 N–H and O–H groups in total. The third kappa shape index (κ3) is 5.74. The lowest BCUT2D eigenvalue weighted by Crippen LogP contribution is -2.17. The minimum Gasteiger partial charge on any atom is -0.489 e. The summed E-state index contributed by atoms with van der Waals surface area (Å²) in [6.45, 7) is 2.26. The fraction of sp³-hybridized carbons (Fsp3) is 0.0909. The van der Waals surface area contributed by atoms with E-state index in [2.05, 4.69) is 10.5 Å². The number of nitro benzene ring substituents is 1. The zero-order chi connectivity index (χ0) is 20.6. The van der Waals surface area contributed by atoms with Gasteiger partial charge in [0.2, 0.25) is 0 Å². The lowest BCUT2D eigenvalue weighted by Gasteiger charge is -2.06. The highest BCUT2D eigenvalue weighted by Gasteiger charge is 2.05. The summed E-state index contributed by atoms with van der Waals surface area (Å²) in [4.78, 5) is 22.2. The zero-order valence-electron chi connectivity index (χ0n) is 15.7. The molecule has 0 bridgehead atoms. The first kappa shape index (κ1) is 19.8. The molecule has 0 fully saturated rings. The van der Waals surface area contributed by atoms with Gasteiger partial charge >= 0.3 is 0 Å². The molecule has 7 heteroatoms. The van der Waals surface area contributed by atoms with Crippen LogP contribution in [0.1, 0.15) is 27.0 Å². The van der Waals surface area contributed by atoms with Gasteiger partial charge in [-0.25, -0.2) is 5.43 Å². The zero-order valence-corrected chi connectivity index (χ0v) is 15.7. The molecule has 0 saturated heterocycles. The highest BCUT2D eigenvalue weighted by molar-refractivity contribution is 5.94. The molecule has 3 aromatic rings. The molecule has 3 rings (SSSR count). The molecule has 0 aliphatic heterocycles. The number of aryl methyl sites for hydroxylation is 1. The van der Waals surface area contributed by atoms with Gasteiger partial charge in [0, 0.05) is 17.7 Å². The molecular weight excluding hydrogens is 370 g/mol. The van der Waals surface area contributed by atoms with E-state index in [1.165, 1.54) is 12.1 Å². The van der Waals surface area contributed by atoms with Crippen molar-refractivity contribution in [3.05, 3.63) is 105 Å². The molecule has 0 spiro atoms. The number of carbonyl (C=O) groups is 1. The van der Waals surface area contributed by atoms with Crippen LogP contribution in [0.2, 0.25) is 0 Å². The van der Waals surface area contributed by atoms with Crippen molar-refractivity contribution in [2.45, 2.75) is 13.5 Å². The predicted molar refractivity (Wildman–Crippen MR) is 110 cm³/mol. The average molecular weight is 389 g/mol. The Morgan fingerprint density at radius 1 is 1.03 bits per heavy atom. The van der Waals surface area contributed by atoms with Crippen molar-refractivity contribution in [3.8, 4) is 5.75 Å². The van der Waals surface area contributed by atoms with Gasteiger partial charge in [0.25, 0.3) is 11.6 Å². The number of hydrogen-bond donors (Lipinski definition) is 1. The minimum atomic E-state index is -0.436. The van der Waals surface area contributed by atoms with Crippen molar-refractivity contribution in [2.75, 3.05) is 0 Å². The number of rotatable bonds is 7. The SMILES string of the molecule is Cc1ccc(C(=O)N/N=C/c2ccc(OCc3ccc([N+](=O)[O-])cc3)cc2)cc1. The first-order valence-corrected chi connectivity index (χ1v) is 8.87. The summed E-state index contributed by atoms with van der Waals surface area (Å²) < 4.78 is 5.67. The van der Waals surface area contributed by atoms with Crippen molar-refractivity contribution >= 4 is 17.8 Å². The maximum Gasteiger partial charge on any atom is 0.271 e. The standard InChI is InChI=1S/C22H19N3O4/c1-16-2-8-19(9-3-16)22(26)24-23-14-17-6-12-21(13-7-17)29-15-18-4-10-20(11-5-18)25(27)28/h2-14H,15H2,1H3,(H,24,26)/b23-14+. The molecule has 0 heterocycles. The quantitative estimate of drug-likeness (QED) is 0.371. The molecule has 0 aromatic heterocycles. The maximum atomic E-state index is 12.0. The van der Waals surface area contributed by atoms with Gasteiger partial charge in [-0.05, 0) is 66.6 Å². The van der Waals surface area contributed by atoms with Crippen molar-refractivity contribution in [1.82, 2.24) is 5.43 Å². The van der Waals surface area contributed by atoms with E-state index in [4.69, 9.17) is 4.74 Å². The van der Waals surface area contributed by atoms with Crippen LogP contribution >= 0.6 is 0 Å². The van der Waals surface area contributed by atoms with Crippen LogP contribution in [0.15, 0.2) is 77.9 Å². The maximum absolute atomic E-state index is 12.0. The molecule has 29 heavy (non-hydrogen) atoms. The first-order valence-electron chi connectivity index (χ1n) is 8.87. The molecule has 0 atom stereocenters. The van der Waals surface area contributed by atoms with Crippen molar-refractivity contribution in [2.24, 2.45) is 5.10 Å². The highest BCUT2D eigenvalue weighted by Crippen LogP contribution is 2.16. The van der Waals surface area contributed by atoms with Crippen LogP contribution in [0.3, 0.4) is 0 Å². The molecular formula is C22H19N3O4. The van der Waals surface area contributed by atoms with E-state index in [0.717, 1.165) is 16.7 Å². The smallest absolute Gasteiger partial charge is 0.271 e. The van der Waals surface area contributed by atoms with Crippen LogP contribution in [0.4, 0.5) is 5.69 Å². The summed E-state index contributed by atoms with van der Waals surface area (Å²) in [5.74, 6) is 0.383. The Morgan fingerprint density at radius 3 is 2.31 bits per heavy atom. The number of nitro groups is 1. The van der Waals surface area contributed by atoms with Gasteiger partial charge in [0.1, 0.15) is 12.4 Å². The largest absolute Gasteiger partial charge is 0.489 e. The third-order valence-corrected chi connectivity index (χ3v) is 4.13. The van der Waals surface area contributed by atoms with Crippen LogP contribution in [-0.4, -0.2) is 17.0 Å². The Bertz CT molecular complexity index is 1010. The molecule has 0 saturated carbocycles. The highest BCUT2D eigenvalue weighted by atomic mass is 16.6. The summed E-state index contributed by atoms with van der Waals surface area (Å²) in [6.07, 6.45) is 1.55. The van der Waals surface area contributed by atoms with E-state index in [9.17, 15) is 14.9 Å². The molecule has 0 aliphatic rings. The number of nitrogens with one attached hydrogen (secondary N) is 1. The number of hydrogen-bond acceptors (Lipinski definition) is 5. The average Bonchev–Trinajstić information content (AvgIpc) is 2.74. The fourth-order valence-electron chi connectivity index (χ4n) is 2.47. The van der Waals surface area contributed by atoms with E-state index in [0.29, 0.717) is 17.9 Å². The third-order valence-electron chi connectivity index (χ3n) is 4.13. The van der Waals surface area contributed by atoms with Gasteiger partial charge in [0.05, 0.1) is 11.1 Å². The van der Waals surface area contributed by atoms with Gasteiger partial charge in [-0.2, -0.15) is 5.10 Å². The van der Waals surface area contributed by atoms with Crippen molar-refractivity contribution in [1.29, 1.82) is 0 Å². The van der Waals surface area contributed by atoms with Crippen molar-refractivity contribution in [3.63, 3.8) is 0 Å². The lowest BCUT2D eigenvalue weighted by atomic mass is 10.1. The van der Waals surface area contributed by atoms with E-state index in [1.54, 1.807) is 42.6 Å². The van der Waals surface area contributed by atoms with Gasteiger partial charge in [-0.15, -0.1) is 0 Å². The van der Waals surface area contributed by atoms with Crippen LogP contribution in [0.5, 0.6) is 5.75 Å². The lowest BCUT2D eigenvalue weighted by molar-refractivity contribution is -0.384. The number of hydrazone groups is 1. The van der Waals surface area contributed by atoms with E-state index in [-0.39, 0.29) is 11.6 Å². The Morgan fingerprint density at radius 2 is 1.69 bits per heavy atom. The second kappa shape index (κ2) is 9.27. The summed E-state index contributed by atoms with van der Waals surface area (Å²) in [6, 6.07) is 20.6. The topological polar surface area (TPSA) is 93.8 Å². The Hall–Kier alpha value is -4.00. The van der Waals surface area contributed by atoms with E-state index in [1.807, 2.05) is 31.2 Å². The second-order valence-corrected chi connectivity index (χ2v) is 6.35. The molecule has 1 amide bonds. The summed E-state index contributed by atoms with van der Waals surface area (Å²) in [5.41, 5.74) is 5.80. The summed E-state index contributed by atoms with van der Waals surface area (Å²) >= 11 is 0. The van der Waals surface area contributed by atoms with Gasteiger partial charge < -0.3 is 4.74 Å². The predicted octanol–water partition coefficient (Wildman–Crippen LogP) is 4.25. The fourth-order valence-corrected chi connectivity index (χ4v) is 2.47. The van der Waals surface area contributed by atoms with Crippen LogP contribution < -0.4 is 10.2 Å². The molecule has 146 valence electrons. The van der Waals surface area contributed by atoms with Gasteiger partial charge in [-0.1, -0.05) is 17.7 Å². The van der Waals surface area contributed by atoms with Crippen LogP contribution in [-0.2, 0) is 6.61 Å². The second-order valence-electron chi connectivity index (χ2n) is 6.35. The van der Waals surface area contributed by atoms with Crippen molar-refractivity contribution < 1.29 is 14.5 Å². The van der Waals surface area contributed by atoms with Gasteiger partial charge in [-0.3, -0.25) is 14.9 Å². The molecule has 0 aliphatic carbocycles. The first-order chi connectivity index (χ1) is 14.0. The number of benzene rings is 3. The minimum absolute atomic E-state index is 0.0480. The summed E-state index contributed by atoms with van der Waals surface area (Å²) in [5, 5.41) is 14.6. The van der Waals surface area contributed by atoms with Gasteiger partial charge in [0.15, 0.2) is 0 Å². The van der Waals surface area contributed by atoms with Crippen LogP contribution in [0.25, 0.3) is 0 Å². The summed E-state index contributed by atoms with van der Waals surface area (Å²) in [7, 11) is 0. The molecule has 7 nitrogen and oxygen atoms in total. The van der Waals surface area contributed by atoms with E-state index < -0.39 is 4.92 Å². The molecule has 3 aromatic carbocycles. The number of ether oxygens (including phenoxy) is 1. The molecule has 0 unspecified atom stereocenters. The monoisotopic (exact) mass is 389 g/mol. The number of amides is 1.